The molecule has 0 fully saturated rings. The largest absolute Gasteiger partial charge is 0.384 e. The third-order valence-electron chi connectivity index (χ3n) is 1.51. The zero-order valence-electron chi connectivity index (χ0n) is 6.31. The van der Waals surface area contributed by atoms with Crippen molar-refractivity contribution in [2.45, 2.75) is 12.3 Å². The standard InChI is InChI=1S/C8H10ClNO2/c9-6-3-1-2-5(4-6)7(11)8(10)12/h1-4,7-8,11-12H,10H2. The molecule has 0 heterocycles. The minimum atomic E-state index is -1.27. The van der Waals surface area contributed by atoms with E-state index in [0.717, 1.165) is 0 Å². The summed E-state index contributed by atoms with van der Waals surface area (Å²) in [6.07, 6.45) is -2.35. The van der Waals surface area contributed by atoms with E-state index >= 15 is 0 Å². The third-order valence-corrected chi connectivity index (χ3v) is 1.75. The highest BCUT2D eigenvalue weighted by atomic mass is 35.5. The minimum Gasteiger partial charge on any atom is -0.384 e. The van der Waals surface area contributed by atoms with Crippen LogP contribution < -0.4 is 5.73 Å². The monoisotopic (exact) mass is 187 g/mol. The average Bonchev–Trinajstić information content (AvgIpc) is 2.03. The van der Waals surface area contributed by atoms with E-state index in [4.69, 9.17) is 22.4 Å². The summed E-state index contributed by atoms with van der Waals surface area (Å²) < 4.78 is 0. The Morgan fingerprint density at radius 1 is 1.33 bits per heavy atom. The molecule has 4 N–H and O–H groups in total. The van der Waals surface area contributed by atoms with Gasteiger partial charge < -0.3 is 15.9 Å². The van der Waals surface area contributed by atoms with Crippen LogP contribution in [-0.2, 0) is 0 Å². The lowest BCUT2D eigenvalue weighted by Gasteiger charge is -2.13. The van der Waals surface area contributed by atoms with Gasteiger partial charge in [-0.2, -0.15) is 0 Å². The Hall–Kier alpha value is -0.610. The molecule has 2 atom stereocenters. The van der Waals surface area contributed by atoms with Gasteiger partial charge in [-0.25, -0.2) is 0 Å². The minimum absolute atomic E-state index is 0.507. The maximum atomic E-state index is 9.29. The molecule has 0 saturated heterocycles. The second kappa shape index (κ2) is 3.87. The number of rotatable bonds is 2. The maximum Gasteiger partial charge on any atom is 0.132 e. The summed E-state index contributed by atoms with van der Waals surface area (Å²) in [5.74, 6) is 0. The number of aliphatic hydroxyl groups excluding tert-OH is 2. The lowest BCUT2D eigenvalue weighted by Crippen LogP contribution is -2.27. The summed E-state index contributed by atoms with van der Waals surface area (Å²) in [5.41, 5.74) is 5.59. The van der Waals surface area contributed by atoms with Gasteiger partial charge in [0.2, 0.25) is 0 Å². The van der Waals surface area contributed by atoms with E-state index in [1.165, 1.54) is 0 Å². The van der Waals surface area contributed by atoms with Crippen LogP contribution in [0.25, 0.3) is 0 Å². The first-order valence-corrected chi connectivity index (χ1v) is 3.86. The molecule has 0 aromatic heterocycles. The summed E-state index contributed by atoms with van der Waals surface area (Å²) in [4.78, 5) is 0. The first-order valence-electron chi connectivity index (χ1n) is 3.48. The zero-order valence-corrected chi connectivity index (χ0v) is 7.07. The van der Waals surface area contributed by atoms with E-state index in [0.29, 0.717) is 10.6 Å². The number of nitrogens with two attached hydrogens (primary N) is 1. The number of hydrogen-bond donors (Lipinski definition) is 3. The first-order chi connectivity index (χ1) is 5.61. The van der Waals surface area contributed by atoms with Gasteiger partial charge in [-0.1, -0.05) is 23.7 Å². The van der Waals surface area contributed by atoms with Crippen LogP contribution >= 0.6 is 11.6 Å². The van der Waals surface area contributed by atoms with Crippen molar-refractivity contribution < 1.29 is 10.2 Å². The molecule has 1 aromatic rings. The second-order valence-corrected chi connectivity index (χ2v) is 2.93. The normalized spacial score (nSPS) is 15.7. The van der Waals surface area contributed by atoms with Crippen molar-refractivity contribution in [2.24, 2.45) is 5.73 Å². The lowest BCUT2D eigenvalue weighted by molar-refractivity contribution is 0.0228. The van der Waals surface area contributed by atoms with Crippen molar-refractivity contribution in [3.63, 3.8) is 0 Å². The van der Waals surface area contributed by atoms with Crippen LogP contribution in [0.2, 0.25) is 5.02 Å². The molecule has 0 bridgehead atoms. The fourth-order valence-electron chi connectivity index (χ4n) is 0.888. The quantitative estimate of drug-likeness (QED) is 0.596. The Balaban J connectivity index is 2.88. The van der Waals surface area contributed by atoms with Crippen LogP contribution in [-0.4, -0.2) is 16.4 Å². The number of aliphatic hydroxyl groups is 2. The summed E-state index contributed by atoms with van der Waals surface area (Å²) in [7, 11) is 0. The Kier molecular flexibility index (Phi) is 3.05. The van der Waals surface area contributed by atoms with Crippen molar-refractivity contribution >= 4 is 11.6 Å². The van der Waals surface area contributed by atoms with Crippen molar-refractivity contribution in [2.75, 3.05) is 0 Å². The SMILES string of the molecule is NC(O)C(O)c1cccc(Cl)c1. The highest BCUT2D eigenvalue weighted by molar-refractivity contribution is 6.30. The van der Waals surface area contributed by atoms with Crippen molar-refractivity contribution in [3.05, 3.63) is 34.9 Å². The van der Waals surface area contributed by atoms with Crippen molar-refractivity contribution in [3.8, 4) is 0 Å². The van der Waals surface area contributed by atoms with Gasteiger partial charge in [0.1, 0.15) is 12.3 Å². The Morgan fingerprint density at radius 2 is 2.00 bits per heavy atom. The highest BCUT2D eigenvalue weighted by Crippen LogP contribution is 2.18. The molecule has 0 radical (unpaired) electrons. The van der Waals surface area contributed by atoms with E-state index in [2.05, 4.69) is 0 Å². The van der Waals surface area contributed by atoms with E-state index in [1.54, 1.807) is 24.3 Å². The van der Waals surface area contributed by atoms with Gasteiger partial charge in [-0.3, -0.25) is 0 Å². The molecule has 0 spiro atoms. The molecule has 0 amide bonds. The average molecular weight is 188 g/mol. The third kappa shape index (κ3) is 2.19. The molecule has 12 heavy (non-hydrogen) atoms. The van der Waals surface area contributed by atoms with Crippen molar-refractivity contribution in [1.82, 2.24) is 0 Å². The molecule has 1 rings (SSSR count). The van der Waals surface area contributed by atoms with Crippen LogP contribution in [0.3, 0.4) is 0 Å². The lowest BCUT2D eigenvalue weighted by atomic mass is 10.1. The Labute approximate surface area is 75.4 Å². The molecular weight excluding hydrogens is 178 g/mol. The second-order valence-electron chi connectivity index (χ2n) is 2.49. The number of hydrogen-bond acceptors (Lipinski definition) is 3. The molecule has 0 aliphatic carbocycles. The predicted octanol–water partition coefficient (Wildman–Crippen LogP) is 0.651. The maximum absolute atomic E-state index is 9.29. The highest BCUT2D eigenvalue weighted by Gasteiger charge is 2.13. The summed E-state index contributed by atoms with van der Waals surface area (Å²) in [6, 6.07) is 6.57. The van der Waals surface area contributed by atoms with Crippen LogP contribution in [0.4, 0.5) is 0 Å². The van der Waals surface area contributed by atoms with Crippen LogP contribution in [0.1, 0.15) is 11.7 Å². The Morgan fingerprint density at radius 3 is 2.50 bits per heavy atom. The summed E-state index contributed by atoms with van der Waals surface area (Å²) >= 11 is 5.66. The fraction of sp³-hybridized carbons (Fsp3) is 0.250. The molecular formula is C8H10ClNO2. The van der Waals surface area contributed by atoms with E-state index in [1.807, 2.05) is 0 Å². The van der Waals surface area contributed by atoms with E-state index in [-0.39, 0.29) is 0 Å². The van der Waals surface area contributed by atoms with Crippen LogP contribution in [0, 0.1) is 0 Å². The van der Waals surface area contributed by atoms with Crippen molar-refractivity contribution in [1.29, 1.82) is 0 Å². The fourth-order valence-corrected chi connectivity index (χ4v) is 1.09. The molecule has 66 valence electrons. The first kappa shape index (κ1) is 9.48. The predicted molar refractivity (Wildman–Crippen MR) is 46.6 cm³/mol. The van der Waals surface area contributed by atoms with E-state index in [9.17, 15) is 5.11 Å². The molecule has 0 aliphatic heterocycles. The number of halogens is 1. The summed E-state index contributed by atoms with van der Waals surface area (Å²) in [5, 5.41) is 18.6. The van der Waals surface area contributed by atoms with Crippen LogP contribution in [0.5, 0.6) is 0 Å². The molecule has 3 nitrogen and oxygen atoms in total. The van der Waals surface area contributed by atoms with Gasteiger partial charge in [0.25, 0.3) is 0 Å². The van der Waals surface area contributed by atoms with Gasteiger partial charge in [0.05, 0.1) is 0 Å². The van der Waals surface area contributed by atoms with Gasteiger partial charge in [0.15, 0.2) is 0 Å². The molecule has 0 saturated carbocycles. The van der Waals surface area contributed by atoms with Gasteiger partial charge >= 0.3 is 0 Å². The van der Waals surface area contributed by atoms with Gasteiger partial charge in [-0.15, -0.1) is 0 Å². The Bertz CT molecular complexity index is 265. The number of benzene rings is 1. The summed E-state index contributed by atoms with van der Waals surface area (Å²) in [6.45, 7) is 0. The van der Waals surface area contributed by atoms with Gasteiger partial charge in [-0.05, 0) is 17.7 Å². The molecule has 2 unspecified atom stereocenters. The zero-order chi connectivity index (χ0) is 9.14. The van der Waals surface area contributed by atoms with E-state index < -0.39 is 12.3 Å². The smallest absolute Gasteiger partial charge is 0.132 e. The van der Waals surface area contributed by atoms with Gasteiger partial charge in [0, 0.05) is 5.02 Å². The molecule has 4 heteroatoms. The molecule has 1 aromatic carbocycles. The van der Waals surface area contributed by atoms with Crippen LogP contribution in [0.15, 0.2) is 24.3 Å². The molecule has 0 aliphatic rings. The topological polar surface area (TPSA) is 66.5 Å².